The zero-order valence-corrected chi connectivity index (χ0v) is 14.1. The maximum Gasteiger partial charge on any atom is 0.416 e. The van der Waals surface area contributed by atoms with Gasteiger partial charge in [0.15, 0.2) is 0 Å². The summed E-state index contributed by atoms with van der Waals surface area (Å²) in [6, 6.07) is 7.79. The molecule has 134 valence electrons. The number of nitrogens with one attached hydrogen (secondary N) is 1. The molecule has 4 atom stereocenters. The Labute approximate surface area is 147 Å². The highest BCUT2D eigenvalue weighted by Gasteiger charge is 2.43. The Balaban J connectivity index is 1.77. The van der Waals surface area contributed by atoms with E-state index in [0.29, 0.717) is 17.7 Å². The maximum atomic E-state index is 13.1. The van der Waals surface area contributed by atoms with Crippen LogP contribution in [0.25, 0.3) is 0 Å². The molecule has 25 heavy (non-hydrogen) atoms. The van der Waals surface area contributed by atoms with Crippen molar-refractivity contribution in [3.05, 3.63) is 51.7 Å². The van der Waals surface area contributed by atoms with E-state index in [4.69, 9.17) is 4.74 Å². The average Bonchev–Trinajstić information content (AvgIpc) is 3.13. The number of benzene rings is 1. The lowest BCUT2D eigenvalue weighted by atomic mass is 9.78. The summed E-state index contributed by atoms with van der Waals surface area (Å²) < 4.78 is 45.4. The van der Waals surface area contributed by atoms with Gasteiger partial charge in [-0.2, -0.15) is 13.2 Å². The first-order valence-electron chi connectivity index (χ1n) is 8.25. The van der Waals surface area contributed by atoms with Crippen molar-refractivity contribution in [3.63, 3.8) is 0 Å². The van der Waals surface area contributed by atoms with E-state index >= 15 is 0 Å². The first kappa shape index (κ1) is 16.9. The molecule has 1 unspecified atom stereocenters. The molecule has 0 amide bonds. The third-order valence-corrected chi connectivity index (χ3v) is 5.98. The number of alkyl halides is 3. The number of hydrogen-bond donors (Lipinski definition) is 2. The van der Waals surface area contributed by atoms with Gasteiger partial charge in [0.25, 0.3) is 0 Å². The molecule has 3 heterocycles. The summed E-state index contributed by atoms with van der Waals surface area (Å²) in [6.07, 6.45) is -3.67. The van der Waals surface area contributed by atoms with Crippen molar-refractivity contribution in [1.29, 1.82) is 0 Å². The van der Waals surface area contributed by atoms with Gasteiger partial charge in [-0.25, -0.2) is 0 Å². The van der Waals surface area contributed by atoms with Crippen molar-refractivity contribution in [2.45, 2.75) is 37.3 Å². The molecule has 7 heteroatoms. The molecule has 1 saturated heterocycles. The molecule has 2 aliphatic rings. The number of halogens is 3. The van der Waals surface area contributed by atoms with Gasteiger partial charge >= 0.3 is 6.18 Å². The van der Waals surface area contributed by atoms with Crippen LogP contribution in [-0.2, 0) is 10.9 Å². The number of fused-ring (bicyclic) bond motifs is 3. The number of rotatable bonds is 2. The van der Waals surface area contributed by atoms with Gasteiger partial charge in [0, 0.05) is 22.0 Å². The van der Waals surface area contributed by atoms with Gasteiger partial charge in [0.05, 0.1) is 30.4 Å². The first-order valence-corrected chi connectivity index (χ1v) is 9.12. The molecule has 0 saturated carbocycles. The van der Waals surface area contributed by atoms with Crippen LogP contribution in [0.3, 0.4) is 0 Å². The van der Waals surface area contributed by atoms with Crippen LogP contribution in [0.2, 0.25) is 0 Å². The standard InChI is InChI=1S/C18H18F3NO2S/c19-18(20,21)10-3-6-14-13(8-10)17-12(5-4-11(9-23)24-17)16(22-14)15-2-1-7-25-15/h1-3,6-8,11-12,16-17,22-23H,4-5,9H2/t11?,12-,16+,17-/m0/s1. The summed E-state index contributed by atoms with van der Waals surface area (Å²) in [5, 5.41) is 14.8. The van der Waals surface area contributed by atoms with Crippen LogP contribution in [0, 0.1) is 5.92 Å². The zero-order valence-electron chi connectivity index (χ0n) is 13.3. The molecule has 2 N–H and O–H groups in total. The zero-order chi connectivity index (χ0) is 17.6. The molecule has 0 radical (unpaired) electrons. The third kappa shape index (κ3) is 3.05. The molecule has 1 aromatic carbocycles. The Hall–Kier alpha value is -1.57. The SMILES string of the molecule is OCC1CC[C@@H]2[C@H](O1)c1cc(C(F)(F)F)ccc1N[C@H]2c1cccs1. The van der Waals surface area contributed by atoms with E-state index < -0.39 is 17.8 Å². The minimum Gasteiger partial charge on any atom is -0.394 e. The lowest BCUT2D eigenvalue weighted by molar-refractivity contribution is -0.138. The van der Waals surface area contributed by atoms with Crippen molar-refractivity contribution >= 4 is 17.0 Å². The van der Waals surface area contributed by atoms with Crippen LogP contribution in [0.1, 0.15) is 41.0 Å². The van der Waals surface area contributed by atoms with Crippen molar-refractivity contribution in [2.24, 2.45) is 5.92 Å². The van der Waals surface area contributed by atoms with E-state index in [2.05, 4.69) is 5.32 Å². The number of hydrogen-bond acceptors (Lipinski definition) is 4. The highest BCUT2D eigenvalue weighted by Crippen LogP contribution is 2.51. The average molecular weight is 369 g/mol. The summed E-state index contributed by atoms with van der Waals surface area (Å²) >= 11 is 1.63. The fourth-order valence-electron chi connectivity index (χ4n) is 3.82. The van der Waals surface area contributed by atoms with Crippen LogP contribution < -0.4 is 5.32 Å². The largest absolute Gasteiger partial charge is 0.416 e. The summed E-state index contributed by atoms with van der Waals surface area (Å²) in [7, 11) is 0. The summed E-state index contributed by atoms with van der Waals surface area (Å²) in [5.74, 6) is 0.0393. The molecular formula is C18H18F3NO2S. The monoisotopic (exact) mass is 369 g/mol. The van der Waals surface area contributed by atoms with Gasteiger partial charge in [-0.1, -0.05) is 6.07 Å². The fraction of sp³-hybridized carbons (Fsp3) is 0.444. The maximum absolute atomic E-state index is 13.1. The van der Waals surface area contributed by atoms with Gasteiger partial charge in [0.2, 0.25) is 0 Å². The summed E-state index contributed by atoms with van der Waals surface area (Å²) in [6.45, 7) is -0.116. The smallest absolute Gasteiger partial charge is 0.394 e. The fourth-order valence-corrected chi connectivity index (χ4v) is 4.67. The number of anilines is 1. The van der Waals surface area contributed by atoms with E-state index in [9.17, 15) is 18.3 Å². The van der Waals surface area contributed by atoms with Crippen LogP contribution in [0.4, 0.5) is 18.9 Å². The highest BCUT2D eigenvalue weighted by atomic mass is 32.1. The van der Waals surface area contributed by atoms with Gasteiger partial charge in [0.1, 0.15) is 0 Å². The van der Waals surface area contributed by atoms with E-state index in [1.54, 1.807) is 11.3 Å². The minimum atomic E-state index is -4.39. The van der Waals surface area contributed by atoms with Crippen LogP contribution >= 0.6 is 11.3 Å². The number of ether oxygens (including phenoxy) is 1. The van der Waals surface area contributed by atoms with E-state index in [1.165, 1.54) is 12.1 Å². The third-order valence-electron chi connectivity index (χ3n) is 5.03. The van der Waals surface area contributed by atoms with Gasteiger partial charge in [-0.05, 0) is 42.5 Å². The van der Waals surface area contributed by atoms with Gasteiger partial charge < -0.3 is 15.2 Å². The molecule has 4 rings (SSSR count). The number of aliphatic hydroxyl groups is 1. The quantitative estimate of drug-likeness (QED) is 0.802. The second kappa shape index (κ2) is 6.30. The lowest BCUT2D eigenvalue weighted by Gasteiger charge is -2.45. The summed E-state index contributed by atoms with van der Waals surface area (Å²) in [5.41, 5.74) is 0.535. The van der Waals surface area contributed by atoms with Crippen molar-refractivity contribution in [3.8, 4) is 0 Å². The van der Waals surface area contributed by atoms with Crippen molar-refractivity contribution in [2.75, 3.05) is 11.9 Å². The summed E-state index contributed by atoms with van der Waals surface area (Å²) in [4.78, 5) is 1.14. The van der Waals surface area contributed by atoms with E-state index in [0.717, 1.165) is 17.4 Å². The van der Waals surface area contributed by atoms with Crippen molar-refractivity contribution < 1.29 is 23.0 Å². The number of aliphatic hydroxyl groups excluding tert-OH is 1. The Kier molecular flexibility index (Phi) is 4.25. The normalized spacial score (nSPS) is 28.8. The second-order valence-electron chi connectivity index (χ2n) is 6.54. The Morgan fingerprint density at radius 1 is 1.24 bits per heavy atom. The topological polar surface area (TPSA) is 41.5 Å². The van der Waals surface area contributed by atoms with E-state index in [1.807, 2.05) is 17.5 Å². The molecule has 0 bridgehead atoms. The molecule has 3 nitrogen and oxygen atoms in total. The van der Waals surface area contributed by atoms with Gasteiger partial charge in [-0.15, -0.1) is 11.3 Å². The Bertz CT molecular complexity index is 747. The number of thiophene rings is 1. The van der Waals surface area contributed by atoms with Gasteiger partial charge in [-0.3, -0.25) is 0 Å². The highest BCUT2D eigenvalue weighted by molar-refractivity contribution is 7.10. The Morgan fingerprint density at radius 3 is 2.76 bits per heavy atom. The molecular weight excluding hydrogens is 351 g/mol. The molecule has 2 aliphatic heterocycles. The predicted molar refractivity (Wildman–Crippen MR) is 89.6 cm³/mol. The van der Waals surface area contributed by atoms with Crippen LogP contribution in [0.5, 0.6) is 0 Å². The predicted octanol–water partition coefficient (Wildman–Crippen LogP) is 4.76. The molecule has 0 spiro atoms. The van der Waals surface area contributed by atoms with Crippen LogP contribution in [-0.4, -0.2) is 17.8 Å². The Morgan fingerprint density at radius 2 is 2.08 bits per heavy atom. The van der Waals surface area contributed by atoms with Crippen molar-refractivity contribution in [1.82, 2.24) is 0 Å². The molecule has 1 fully saturated rings. The molecule has 2 aromatic rings. The molecule has 1 aromatic heterocycles. The lowest BCUT2D eigenvalue weighted by Crippen LogP contribution is -2.39. The minimum absolute atomic E-state index is 0.00822. The molecule has 0 aliphatic carbocycles. The second-order valence-corrected chi connectivity index (χ2v) is 7.52. The first-order chi connectivity index (χ1) is 12.0. The van der Waals surface area contributed by atoms with Crippen LogP contribution in [0.15, 0.2) is 35.7 Å². The van der Waals surface area contributed by atoms with E-state index in [-0.39, 0.29) is 24.7 Å².